The number of ketones is 1. The summed E-state index contributed by atoms with van der Waals surface area (Å²) >= 11 is 1.28. The molecule has 0 spiro atoms. The predicted octanol–water partition coefficient (Wildman–Crippen LogP) is 3.93. The van der Waals surface area contributed by atoms with Crippen molar-refractivity contribution in [2.45, 2.75) is 6.04 Å². The Morgan fingerprint density at radius 1 is 1.04 bits per heavy atom. The van der Waals surface area contributed by atoms with Crippen LogP contribution in [0.4, 0.5) is 5.69 Å². The van der Waals surface area contributed by atoms with Crippen molar-refractivity contribution in [3.05, 3.63) is 94.1 Å². The molecule has 3 heterocycles. The molecule has 0 radical (unpaired) electrons. The molecular formula is C20H14N2O3S. The lowest BCUT2D eigenvalue weighted by Crippen LogP contribution is -2.30. The van der Waals surface area contributed by atoms with Gasteiger partial charge in [0.1, 0.15) is 0 Å². The van der Waals surface area contributed by atoms with Gasteiger partial charge in [-0.15, -0.1) is 11.3 Å². The number of carbonyl (C=O) groups is 2. The molecule has 1 aliphatic rings. The molecule has 4 rings (SSSR count). The molecule has 5 nitrogen and oxygen atoms in total. The Labute approximate surface area is 153 Å². The summed E-state index contributed by atoms with van der Waals surface area (Å²) in [5.74, 6) is -1.43. The average molecular weight is 362 g/mol. The number of carbonyl (C=O) groups excluding carboxylic acids is 2. The zero-order valence-electron chi connectivity index (χ0n) is 13.6. The first-order valence-electron chi connectivity index (χ1n) is 7.98. The molecule has 1 unspecified atom stereocenters. The normalized spacial score (nSPS) is 17.0. The number of aromatic nitrogens is 1. The first-order valence-corrected chi connectivity index (χ1v) is 8.86. The summed E-state index contributed by atoms with van der Waals surface area (Å²) in [6.45, 7) is 0. The monoisotopic (exact) mass is 362 g/mol. The summed E-state index contributed by atoms with van der Waals surface area (Å²) in [5.41, 5.74) is 1.41. The third kappa shape index (κ3) is 2.60. The molecule has 6 heteroatoms. The Morgan fingerprint density at radius 2 is 1.77 bits per heavy atom. The van der Waals surface area contributed by atoms with Gasteiger partial charge in [0.2, 0.25) is 5.78 Å². The highest BCUT2D eigenvalue weighted by Crippen LogP contribution is 2.41. The van der Waals surface area contributed by atoms with Crippen molar-refractivity contribution in [2.75, 3.05) is 4.90 Å². The number of rotatable bonds is 4. The molecule has 0 saturated heterocycles. The Balaban J connectivity index is 1.88. The summed E-state index contributed by atoms with van der Waals surface area (Å²) in [5, 5.41) is 12.3. The third-order valence-electron chi connectivity index (χ3n) is 4.25. The molecule has 0 saturated carbocycles. The number of pyridine rings is 1. The first-order chi connectivity index (χ1) is 12.7. The lowest BCUT2D eigenvalue weighted by molar-refractivity contribution is -0.117. The van der Waals surface area contributed by atoms with E-state index in [2.05, 4.69) is 4.98 Å². The topological polar surface area (TPSA) is 70.5 Å². The van der Waals surface area contributed by atoms with Gasteiger partial charge in [0, 0.05) is 18.1 Å². The number of hydrogen-bond acceptors (Lipinski definition) is 5. The van der Waals surface area contributed by atoms with Crippen LogP contribution in [-0.4, -0.2) is 21.8 Å². The molecule has 1 N–H and O–H groups in total. The molecule has 128 valence electrons. The van der Waals surface area contributed by atoms with Gasteiger partial charge in [0.05, 0.1) is 16.5 Å². The Bertz CT molecular complexity index is 982. The highest BCUT2D eigenvalue weighted by Gasteiger charge is 2.44. The quantitative estimate of drug-likeness (QED) is 0.714. The highest BCUT2D eigenvalue weighted by atomic mass is 32.1. The van der Waals surface area contributed by atoms with Crippen LogP contribution in [0.25, 0.3) is 0 Å². The molecule has 1 amide bonds. The largest absolute Gasteiger partial charge is 0.503 e. The minimum Gasteiger partial charge on any atom is -0.503 e. The number of hydrogen-bond donors (Lipinski definition) is 1. The number of nitrogens with zero attached hydrogens (tertiary/aromatic N) is 2. The molecule has 0 fully saturated rings. The fourth-order valence-electron chi connectivity index (χ4n) is 3.09. The zero-order chi connectivity index (χ0) is 18.1. The maximum absolute atomic E-state index is 13.0. The average Bonchev–Trinajstić information content (AvgIpc) is 3.31. The van der Waals surface area contributed by atoms with Crippen molar-refractivity contribution in [1.82, 2.24) is 4.98 Å². The molecule has 1 aliphatic heterocycles. The van der Waals surface area contributed by atoms with E-state index in [1.54, 1.807) is 54.2 Å². The third-order valence-corrected chi connectivity index (χ3v) is 5.12. The van der Waals surface area contributed by atoms with Crippen molar-refractivity contribution in [1.29, 1.82) is 0 Å². The molecule has 0 bridgehead atoms. The number of benzene rings is 1. The van der Waals surface area contributed by atoms with Crippen LogP contribution in [-0.2, 0) is 4.79 Å². The van der Waals surface area contributed by atoms with Gasteiger partial charge in [-0.25, -0.2) is 0 Å². The molecule has 1 atom stereocenters. The zero-order valence-corrected chi connectivity index (χ0v) is 14.4. The molecule has 1 aromatic carbocycles. The van der Waals surface area contributed by atoms with Crippen molar-refractivity contribution in [3.63, 3.8) is 0 Å². The van der Waals surface area contributed by atoms with E-state index in [4.69, 9.17) is 0 Å². The van der Waals surface area contributed by atoms with Crippen LogP contribution < -0.4 is 4.90 Å². The van der Waals surface area contributed by atoms with E-state index >= 15 is 0 Å². The van der Waals surface area contributed by atoms with Gasteiger partial charge in [-0.1, -0.05) is 24.3 Å². The predicted molar refractivity (Wildman–Crippen MR) is 99.2 cm³/mol. The van der Waals surface area contributed by atoms with Crippen LogP contribution in [0.2, 0.25) is 0 Å². The van der Waals surface area contributed by atoms with Crippen LogP contribution >= 0.6 is 11.3 Å². The van der Waals surface area contributed by atoms with Crippen LogP contribution in [0.3, 0.4) is 0 Å². The van der Waals surface area contributed by atoms with Crippen molar-refractivity contribution in [3.8, 4) is 0 Å². The maximum Gasteiger partial charge on any atom is 0.294 e. The second-order valence-corrected chi connectivity index (χ2v) is 6.71. The van der Waals surface area contributed by atoms with E-state index in [9.17, 15) is 14.7 Å². The van der Waals surface area contributed by atoms with Gasteiger partial charge < -0.3 is 5.11 Å². The van der Waals surface area contributed by atoms with Gasteiger partial charge in [-0.2, -0.15) is 0 Å². The first kappa shape index (κ1) is 16.2. The summed E-state index contributed by atoms with van der Waals surface area (Å²) < 4.78 is 0. The number of aliphatic hydroxyl groups excluding tert-OH is 1. The number of Topliss-reactive ketones (excluding diaryl/α,β-unsaturated/α-hetero) is 1. The Morgan fingerprint density at radius 3 is 2.42 bits per heavy atom. The fraction of sp³-hybridized carbons (Fsp3) is 0.0500. The van der Waals surface area contributed by atoms with Crippen LogP contribution in [0.15, 0.2) is 83.7 Å². The smallest absolute Gasteiger partial charge is 0.294 e. The SMILES string of the molecule is O=C(C1=C(O)C(=O)N(c2ccccc2)C1c1ccncc1)c1cccs1. The lowest BCUT2D eigenvalue weighted by atomic mass is 9.96. The Hall–Kier alpha value is -3.25. The van der Waals surface area contributed by atoms with E-state index < -0.39 is 17.7 Å². The number of anilines is 1. The maximum atomic E-state index is 13.0. The van der Waals surface area contributed by atoms with Gasteiger partial charge in [0.25, 0.3) is 5.91 Å². The number of amides is 1. The van der Waals surface area contributed by atoms with Gasteiger partial charge in [-0.05, 0) is 41.3 Å². The summed E-state index contributed by atoms with van der Waals surface area (Å²) in [4.78, 5) is 31.8. The highest BCUT2D eigenvalue weighted by molar-refractivity contribution is 7.12. The molecule has 26 heavy (non-hydrogen) atoms. The standard InChI is InChI=1S/C20H14N2O3S/c23-18(15-7-4-12-26-15)16-17(13-8-10-21-11-9-13)22(20(25)19(16)24)14-5-2-1-3-6-14/h1-12,17,24H. The second kappa shape index (κ2) is 6.57. The van der Waals surface area contributed by atoms with Crippen molar-refractivity contribution >= 4 is 28.7 Å². The van der Waals surface area contributed by atoms with Crippen LogP contribution in [0, 0.1) is 0 Å². The van der Waals surface area contributed by atoms with Gasteiger partial charge in [0.15, 0.2) is 5.76 Å². The lowest BCUT2D eigenvalue weighted by Gasteiger charge is -2.26. The van der Waals surface area contributed by atoms with E-state index in [1.807, 2.05) is 18.2 Å². The van der Waals surface area contributed by atoms with Gasteiger partial charge in [-0.3, -0.25) is 19.5 Å². The second-order valence-electron chi connectivity index (χ2n) is 5.76. The van der Waals surface area contributed by atoms with E-state index in [0.29, 0.717) is 16.1 Å². The number of thiophene rings is 1. The fourth-order valence-corrected chi connectivity index (χ4v) is 3.77. The number of aliphatic hydroxyl groups is 1. The Kier molecular flexibility index (Phi) is 4.10. The minimum atomic E-state index is -0.706. The van der Waals surface area contributed by atoms with Crippen molar-refractivity contribution < 1.29 is 14.7 Å². The van der Waals surface area contributed by atoms with E-state index in [-0.39, 0.29) is 11.4 Å². The minimum absolute atomic E-state index is 0.0903. The van der Waals surface area contributed by atoms with Crippen LogP contribution in [0.5, 0.6) is 0 Å². The summed E-state index contributed by atoms with van der Waals surface area (Å²) in [7, 11) is 0. The number of para-hydroxylation sites is 1. The van der Waals surface area contributed by atoms with Crippen LogP contribution in [0.1, 0.15) is 21.3 Å². The summed E-state index contributed by atoms with van der Waals surface area (Å²) in [6, 6.07) is 15.2. The molecule has 3 aromatic rings. The molecule has 0 aliphatic carbocycles. The van der Waals surface area contributed by atoms with E-state index in [1.165, 1.54) is 16.2 Å². The summed E-state index contributed by atoms with van der Waals surface area (Å²) in [6.07, 6.45) is 3.21. The molecule has 2 aromatic heterocycles. The van der Waals surface area contributed by atoms with Gasteiger partial charge >= 0.3 is 0 Å². The van der Waals surface area contributed by atoms with E-state index in [0.717, 1.165) is 0 Å². The molecular weight excluding hydrogens is 348 g/mol. The van der Waals surface area contributed by atoms with Crippen molar-refractivity contribution in [2.24, 2.45) is 0 Å².